The third-order valence-electron chi connectivity index (χ3n) is 3.80. The van der Waals surface area contributed by atoms with Crippen LogP contribution < -0.4 is 5.32 Å². The van der Waals surface area contributed by atoms with Crippen molar-refractivity contribution < 1.29 is 14.4 Å². The first-order chi connectivity index (χ1) is 10.2. The summed E-state index contributed by atoms with van der Waals surface area (Å²) >= 11 is 0. The fraction of sp³-hybridized carbons (Fsp3) is 0.400. The molecule has 1 aliphatic carbocycles. The zero-order chi connectivity index (χ0) is 14.7. The lowest BCUT2D eigenvalue weighted by Gasteiger charge is -2.21. The average molecular weight is 287 g/mol. The number of carbonyl (C=O) groups is 1. The van der Waals surface area contributed by atoms with Crippen LogP contribution in [0.2, 0.25) is 0 Å². The molecule has 1 fully saturated rings. The van der Waals surface area contributed by atoms with E-state index in [4.69, 9.17) is 4.52 Å². The van der Waals surface area contributed by atoms with Crippen molar-refractivity contribution in [1.82, 2.24) is 15.5 Å². The summed E-state index contributed by atoms with van der Waals surface area (Å²) in [5.41, 5.74) is 0.194. The second-order valence-corrected chi connectivity index (χ2v) is 5.43. The third-order valence-corrected chi connectivity index (χ3v) is 3.80. The summed E-state index contributed by atoms with van der Waals surface area (Å²) in [6.45, 7) is 0.251. The van der Waals surface area contributed by atoms with Crippen molar-refractivity contribution in [3.63, 3.8) is 0 Å². The molecular formula is C15H17N3O3. The summed E-state index contributed by atoms with van der Waals surface area (Å²) in [6.07, 6.45) is 6.77. The van der Waals surface area contributed by atoms with Crippen molar-refractivity contribution in [1.29, 1.82) is 0 Å². The number of carbonyl (C=O) groups excluding carboxylic acids is 1. The lowest BCUT2D eigenvalue weighted by atomic mass is 10.0. The highest BCUT2D eigenvalue weighted by molar-refractivity contribution is 5.93. The summed E-state index contributed by atoms with van der Waals surface area (Å²) in [7, 11) is 0. The van der Waals surface area contributed by atoms with Crippen molar-refractivity contribution in [2.75, 3.05) is 6.54 Å². The lowest BCUT2D eigenvalue weighted by molar-refractivity contribution is 0.0448. The minimum Gasteiger partial charge on any atom is -0.388 e. The molecule has 1 amide bonds. The Kier molecular flexibility index (Phi) is 3.70. The van der Waals surface area contributed by atoms with Crippen LogP contribution in [0.15, 0.2) is 35.1 Å². The highest BCUT2D eigenvalue weighted by Crippen LogP contribution is 2.28. The van der Waals surface area contributed by atoms with Crippen LogP contribution >= 0.6 is 0 Å². The molecule has 6 nitrogen and oxygen atoms in total. The largest absolute Gasteiger partial charge is 0.388 e. The molecule has 0 aromatic carbocycles. The van der Waals surface area contributed by atoms with Crippen molar-refractivity contribution in [3.05, 3.63) is 36.3 Å². The molecule has 3 rings (SSSR count). The number of aliphatic hydroxyl groups is 1. The predicted molar refractivity (Wildman–Crippen MR) is 75.5 cm³/mol. The van der Waals surface area contributed by atoms with Gasteiger partial charge < -0.3 is 14.9 Å². The maximum atomic E-state index is 12.0. The first kappa shape index (κ1) is 13.8. The summed E-state index contributed by atoms with van der Waals surface area (Å²) in [5, 5.41) is 16.7. The second-order valence-electron chi connectivity index (χ2n) is 5.43. The molecule has 0 spiro atoms. The molecule has 0 aliphatic heterocycles. The highest BCUT2D eigenvalue weighted by Gasteiger charge is 2.31. The van der Waals surface area contributed by atoms with Crippen molar-refractivity contribution >= 4 is 5.91 Å². The maximum absolute atomic E-state index is 12.0. The van der Waals surface area contributed by atoms with Gasteiger partial charge in [0.05, 0.1) is 5.60 Å². The van der Waals surface area contributed by atoms with E-state index in [-0.39, 0.29) is 18.1 Å². The van der Waals surface area contributed by atoms with Crippen LogP contribution in [0.4, 0.5) is 0 Å². The number of hydrogen-bond acceptors (Lipinski definition) is 5. The molecule has 110 valence electrons. The van der Waals surface area contributed by atoms with E-state index in [2.05, 4.69) is 15.5 Å². The Balaban J connectivity index is 1.64. The number of pyridine rings is 1. The van der Waals surface area contributed by atoms with Crippen LogP contribution in [0.5, 0.6) is 0 Å². The van der Waals surface area contributed by atoms with Gasteiger partial charge in [0.1, 0.15) is 0 Å². The molecule has 1 saturated carbocycles. The van der Waals surface area contributed by atoms with Crippen molar-refractivity contribution in [2.24, 2.45) is 0 Å². The quantitative estimate of drug-likeness (QED) is 0.894. The van der Waals surface area contributed by atoms with Crippen LogP contribution in [0.1, 0.15) is 36.2 Å². The van der Waals surface area contributed by atoms with E-state index in [1.54, 1.807) is 24.5 Å². The van der Waals surface area contributed by atoms with Gasteiger partial charge in [-0.25, -0.2) is 0 Å². The molecule has 0 unspecified atom stereocenters. The fourth-order valence-electron chi connectivity index (χ4n) is 2.57. The Hall–Kier alpha value is -2.21. The van der Waals surface area contributed by atoms with Crippen LogP contribution in [0.3, 0.4) is 0 Å². The van der Waals surface area contributed by atoms with E-state index in [1.807, 2.05) is 6.07 Å². The SMILES string of the molecule is O=C(NCC1(O)CCCC1)c1cc(-c2cccnc2)on1. The molecule has 0 atom stereocenters. The van der Waals surface area contributed by atoms with Gasteiger partial charge in [0.25, 0.3) is 5.91 Å². The normalized spacial score (nSPS) is 16.8. The first-order valence-electron chi connectivity index (χ1n) is 7.04. The van der Waals surface area contributed by atoms with E-state index in [0.29, 0.717) is 5.76 Å². The molecule has 6 heteroatoms. The zero-order valence-corrected chi connectivity index (χ0v) is 11.6. The Morgan fingerprint density at radius 3 is 2.95 bits per heavy atom. The van der Waals surface area contributed by atoms with Crippen LogP contribution in [-0.4, -0.2) is 33.3 Å². The molecule has 2 aromatic heterocycles. The van der Waals surface area contributed by atoms with Crippen LogP contribution in [-0.2, 0) is 0 Å². The molecule has 2 heterocycles. The summed E-state index contributed by atoms with van der Waals surface area (Å²) in [5.74, 6) is 0.155. The standard InChI is InChI=1S/C15H17N3O3/c19-14(17-10-15(20)5-1-2-6-15)12-8-13(21-18-12)11-4-3-7-16-9-11/h3-4,7-9,20H,1-2,5-6,10H2,(H,17,19). The number of amides is 1. The van der Waals surface area contributed by atoms with Crippen molar-refractivity contribution in [3.8, 4) is 11.3 Å². The predicted octanol–water partition coefficient (Wildman–Crippen LogP) is 1.77. The molecule has 2 N–H and O–H groups in total. The summed E-state index contributed by atoms with van der Waals surface area (Å²) < 4.78 is 5.16. The molecule has 21 heavy (non-hydrogen) atoms. The molecular weight excluding hydrogens is 270 g/mol. The smallest absolute Gasteiger partial charge is 0.273 e. The minimum atomic E-state index is -0.772. The summed E-state index contributed by atoms with van der Waals surface area (Å²) in [4.78, 5) is 16.0. The molecule has 0 radical (unpaired) electrons. The van der Waals surface area contributed by atoms with Crippen LogP contribution in [0.25, 0.3) is 11.3 Å². The fourth-order valence-corrected chi connectivity index (χ4v) is 2.57. The topological polar surface area (TPSA) is 88.2 Å². The van der Waals surface area contributed by atoms with Gasteiger partial charge in [0, 0.05) is 30.6 Å². The van der Waals surface area contributed by atoms with Gasteiger partial charge in [0.15, 0.2) is 11.5 Å². The number of rotatable bonds is 4. The van der Waals surface area contributed by atoms with Gasteiger partial charge in [-0.15, -0.1) is 0 Å². The molecule has 2 aromatic rings. The number of aromatic nitrogens is 2. The van der Waals surface area contributed by atoms with Gasteiger partial charge in [-0.05, 0) is 25.0 Å². The number of nitrogens with one attached hydrogen (secondary N) is 1. The Morgan fingerprint density at radius 2 is 2.24 bits per heavy atom. The van der Waals surface area contributed by atoms with Gasteiger partial charge in [-0.2, -0.15) is 0 Å². The third kappa shape index (κ3) is 3.11. The van der Waals surface area contributed by atoms with Gasteiger partial charge in [-0.1, -0.05) is 18.0 Å². The Morgan fingerprint density at radius 1 is 1.43 bits per heavy atom. The van der Waals surface area contributed by atoms with E-state index < -0.39 is 5.60 Å². The van der Waals surface area contributed by atoms with E-state index in [0.717, 1.165) is 31.2 Å². The van der Waals surface area contributed by atoms with E-state index >= 15 is 0 Å². The van der Waals surface area contributed by atoms with E-state index in [9.17, 15) is 9.90 Å². The van der Waals surface area contributed by atoms with Gasteiger partial charge in [0.2, 0.25) is 0 Å². The Bertz CT molecular complexity index is 618. The maximum Gasteiger partial charge on any atom is 0.273 e. The van der Waals surface area contributed by atoms with Crippen molar-refractivity contribution in [2.45, 2.75) is 31.3 Å². The van der Waals surface area contributed by atoms with Gasteiger partial charge >= 0.3 is 0 Å². The zero-order valence-electron chi connectivity index (χ0n) is 11.6. The second kappa shape index (κ2) is 5.65. The number of hydrogen-bond donors (Lipinski definition) is 2. The highest BCUT2D eigenvalue weighted by atomic mass is 16.5. The van der Waals surface area contributed by atoms with Crippen LogP contribution in [0, 0.1) is 0 Å². The minimum absolute atomic E-state index is 0.204. The molecule has 0 bridgehead atoms. The van der Waals surface area contributed by atoms with Gasteiger partial charge in [-0.3, -0.25) is 9.78 Å². The molecule has 0 saturated heterocycles. The Labute approximate surface area is 122 Å². The number of nitrogens with zero attached hydrogens (tertiary/aromatic N) is 2. The molecule has 1 aliphatic rings. The summed E-state index contributed by atoms with van der Waals surface area (Å²) in [6, 6.07) is 5.19. The van der Waals surface area contributed by atoms with E-state index in [1.165, 1.54) is 0 Å². The first-order valence-corrected chi connectivity index (χ1v) is 7.04. The average Bonchev–Trinajstić information content (AvgIpc) is 3.16. The monoisotopic (exact) mass is 287 g/mol. The lowest BCUT2D eigenvalue weighted by Crippen LogP contribution is -2.40.